The first-order valence-corrected chi connectivity index (χ1v) is 7.87. The van der Waals surface area contributed by atoms with E-state index in [0.717, 1.165) is 11.3 Å². The van der Waals surface area contributed by atoms with Gasteiger partial charge in [-0.05, 0) is 55.9 Å². The number of nitrogens with zero attached hydrogens (tertiary/aromatic N) is 1. The van der Waals surface area contributed by atoms with E-state index in [0.29, 0.717) is 17.4 Å². The Morgan fingerprint density at radius 2 is 1.91 bits per heavy atom. The summed E-state index contributed by atoms with van der Waals surface area (Å²) in [4.78, 5) is 13.9. The quantitative estimate of drug-likeness (QED) is 0.855. The maximum atomic E-state index is 12.0. The third-order valence-corrected chi connectivity index (χ3v) is 3.56. The van der Waals surface area contributed by atoms with Crippen molar-refractivity contribution >= 4 is 28.9 Å². The molecule has 0 aromatic heterocycles. The molecule has 0 saturated heterocycles. The van der Waals surface area contributed by atoms with Gasteiger partial charge in [0.1, 0.15) is 5.75 Å². The van der Waals surface area contributed by atoms with Gasteiger partial charge in [0.05, 0.1) is 0 Å². The Labute approximate surface area is 142 Å². The lowest BCUT2D eigenvalue weighted by molar-refractivity contribution is -0.121. The fourth-order valence-corrected chi connectivity index (χ4v) is 2.48. The minimum absolute atomic E-state index is 0.0735. The molecule has 2 aromatic carbocycles. The number of aryl methyl sites for hydroxylation is 1. The van der Waals surface area contributed by atoms with Crippen molar-refractivity contribution in [2.24, 2.45) is 0 Å². The molecule has 0 spiro atoms. The summed E-state index contributed by atoms with van der Waals surface area (Å²) < 4.78 is 5.48. The smallest absolute Gasteiger partial charge is 0.264 e. The Hall–Kier alpha value is -2.40. The SMILES string of the molecule is CCN(C(=S)NC(=O)COc1cccc(C)c1)c1ccccc1. The number of thiocarbonyl (C=S) groups is 1. The fraction of sp³-hybridized carbons (Fsp3) is 0.222. The number of rotatable bonds is 5. The maximum absolute atomic E-state index is 12.0. The summed E-state index contributed by atoms with van der Waals surface area (Å²) in [6.07, 6.45) is 0. The van der Waals surface area contributed by atoms with Crippen molar-refractivity contribution in [3.05, 3.63) is 60.2 Å². The highest BCUT2D eigenvalue weighted by Gasteiger charge is 2.13. The van der Waals surface area contributed by atoms with E-state index in [1.165, 1.54) is 0 Å². The van der Waals surface area contributed by atoms with Crippen LogP contribution >= 0.6 is 12.2 Å². The lowest BCUT2D eigenvalue weighted by atomic mass is 10.2. The number of anilines is 1. The molecular formula is C18H20N2O2S. The number of carbonyl (C=O) groups excluding carboxylic acids is 1. The minimum atomic E-state index is -0.272. The van der Waals surface area contributed by atoms with Gasteiger partial charge in [0.2, 0.25) is 0 Å². The van der Waals surface area contributed by atoms with Gasteiger partial charge in [-0.15, -0.1) is 0 Å². The van der Waals surface area contributed by atoms with Gasteiger partial charge in [0, 0.05) is 12.2 Å². The Morgan fingerprint density at radius 1 is 1.17 bits per heavy atom. The van der Waals surface area contributed by atoms with Crippen molar-refractivity contribution in [2.45, 2.75) is 13.8 Å². The van der Waals surface area contributed by atoms with E-state index >= 15 is 0 Å². The van der Waals surface area contributed by atoms with Crippen molar-refractivity contribution in [3.63, 3.8) is 0 Å². The van der Waals surface area contributed by atoms with E-state index in [1.807, 2.05) is 73.3 Å². The van der Waals surface area contributed by atoms with Gasteiger partial charge < -0.3 is 9.64 Å². The van der Waals surface area contributed by atoms with Crippen LogP contribution in [0.4, 0.5) is 5.69 Å². The van der Waals surface area contributed by atoms with Crippen molar-refractivity contribution in [1.29, 1.82) is 0 Å². The van der Waals surface area contributed by atoms with Gasteiger partial charge in [0.15, 0.2) is 11.7 Å². The van der Waals surface area contributed by atoms with Gasteiger partial charge in [-0.1, -0.05) is 30.3 Å². The number of benzene rings is 2. The van der Waals surface area contributed by atoms with Gasteiger partial charge in [-0.2, -0.15) is 0 Å². The van der Waals surface area contributed by atoms with E-state index < -0.39 is 0 Å². The zero-order valence-corrected chi connectivity index (χ0v) is 14.1. The second kappa shape index (κ2) is 8.29. The van der Waals surface area contributed by atoms with E-state index in [2.05, 4.69) is 5.32 Å². The van der Waals surface area contributed by atoms with Crippen molar-refractivity contribution in [2.75, 3.05) is 18.1 Å². The number of carbonyl (C=O) groups is 1. The van der Waals surface area contributed by atoms with E-state index in [1.54, 1.807) is 0 Å². The molecule has 0 saturated carbocycles. The molecule has 4 nitrogen and oxygen atoms in total. The third kappa shape index (κ3) is 5.07. The minimum Gasteiger partial charge on any atom is -0.484 e. The number of amides is 1. The number of nitrogens with one attached hydrogen (secondary N) is 1. The number of para-hydroxylation sites is 1. The molecule has 0 fully saturated rings. The molecule has 0 unspecified atom stereocenters. The standard InChI is InChI=1S/C18H20N2O2S/c1-3-20(15-9-5-4-6-10-15)18(23)19-17(21)13-22-16-11-7-8-14(2)12-16/h4-12H,3,13H2,1-2H3,(H,19,21,23). The van der Waals surface area contributed by atoms with Gasteiger partial charge in [0.25, 0.3) is 5.91 Å². The normalized spacial score (nSPS) is 10.0. The number of ether oxygens (including phenoxy) is 1. The zero-order valence-electron chi connectivity index (χ0n) is 13.3. The molecule has 0 radical (unpaired) electrons. The Balaban J connectivity index is 1.90. The molecule has 5 heteroatoms. The van der Waals surface area contributed by atoms with Crippen molar-refractivity contribution < 1.29 is 9.53 Å². The van der Waals surface area contributed by atoms with E-state index in [9.17, 15) is 4.79 Å². The summed E-state index contributed by atoms with van der Waals surface area (Å²) >= 11 is 5.32. The maximum Gasteiger partial charge on any atom is 0.264 e. The number of hydrogen-bond donors (Lipinski definition) is 1. The summed E-state index contributed by atoms with van der Waals surface area (Å²) in [5, 5.41) is 3.08. The predicted molar refractivity (Wildman–Crippen MR) is 96.9 cm³/mol. The molecule has 0 heterocycles. The highest BCUT2D eigenvalue weighted by atomic mass is 32.1. The first-order valence-electron chi connectivity index (χ1n) is 7.46. The van der Waals surface area contributed by atoms with E-state index in [-0.39, 0.29) is 12.5 Å². The first kappa shape index (κ1) is 17.0. The highest BCUT2D eigenvalue weighted by molar-refractivity contribution is 7.80. The summed E-state index contributed by atoms with van der Waals surface area (Å²) in [6, 6.07) is 17.3. The molecule has 2 rings (SSSR count). The molecule has 1 N–H and O–H groups in total. The molecule has 1 amide bonds. The van der Waals surface area contributed by atoms with Gasteiger partial charge in [-0.25, -0.2) is 0 Å². The average molecular weight is 328 g/mol. The van der Waals surface area contributed by atoms with Crippen molar-refractivity contribution in [3.8, 4) is 5.75 Å². The zero-order chi connectivity index (χ0) is 16.7. The molecule has 0 aliphatic heterocycles. The van der Waals surface area contributed by atoms with E-state index in [4.69, 9.17) is 17.0 Å². The summed E-state index contributed by atoms with van der Waals surface area (Å²) in [6.45, 7) is 4.55. The van der Waals surface area contributed by atoms with Crippen LogP contribution in [0, 0.1) is 6.92 Å². The lowest BCUT2D eigenvalue weighted by Crippen LogP contribution is -2.44. The predicted octanol–water partition coefficient (Wildman–Crippen LogP) is 3.30. The third-order valence-electron chi connectivity index (χ3n) is 3.24. The Kier molecular flexibility index (Phi) is 6.11. The Bertz CT molecular complexity index is 674. The largest absolute Gasteiger partial charge is 0.484 e. The van der Waals surface area contributed by atoms with Crippen LogP contribution in [0.5, 0.6) is 5.75 Å². The lowest BCUT2D eigenvalue weighted by Gasteiger charge is -2.23. The fourth-order valence-electron chi connectivity index (χ4n) is 2.13. The van der Waals surface area contributed by atoms with Crippen LogP contribution in [0.3, 0.4) is 0 Å². The van der Waals surface area contributed by atoms with Crippen LogP contribution in [-0.4, -0.2) is 24.2 Å². The molecular weight excluding hydrogens is 308 g/mol. The molecule has 0 bridgehead atoms. The number of hydrogen-bond acceptors (Lipinski definition) is 3. The van der Waals surface area contributed by atoms with Crippen LogP contribution in [0.2, 0.25) is 0 Å². The van der Waals surface area contributed by atoms with Crippen LogP contribution < -0.4 is 15.0 Å². The summed E-state index contributed by atoms with van der Waals surface area (Å²) in [5.41, 5.74) is 2.03. The van der Waals surface area contributed by atoms with Gasteiger partial charge >= 0.3 is 0 Å². The second-order valence-corrected chi connectivity index (χ2v) is 5.43. The molecule has 120 valence electrons. The first-order chi connectivity index (χ1) is 11.1. The molecule has 23 heavy (non-hydrogen) atoms. The van der Waals surface area contributed by atoms with Crippen LogP contribution in [0.25, 0.3) is 0 Å². The van der Waals surface area contributed by atoms with Gasteiger partial charge in [-0.3, -0.25) is 10.1 Å². The average Bonchev–Trinajstić information content (AvgIpc) is 2.55. The monoisotopic (exact) mass is 328 g/mol. The van der Waals surface area contributed by atoms with Crippen molar-refractivity contribution in [1.82, 2.24) is 5.32 Å². The molecule has 0 atom stereocenters. The molecule has 0 aliphatic carbocycles. The molecule has 2 aromatic rings. The summed E-state index contributed by atoms with van der Waals surface area (Å²) in [5.74, 6) is 0.396. The second-order valence-electron chi connectivity index (χ2n) is 5.04. The van der Waals surface area contributed by atoms with Crippen LogP contribution in [-0.2, 0) is 4.79 Å². The van der Waals surface area contributed by atoms with Crippen LogP contribution in [0.1, 0.15) is 12.5 Å². The summed E-state index contributed by atoms with van der Waals surface area (Å²) in [7, 11) is 0. The topological polar surface area (TPSA) is 41.6 Å². The Morgan fingerprint density at radius 3 is 2.57 bits per heavy atom. The molecule has 0 aliphatic rings. The van der Waals surface area contributed by atoms with Crippen LogP contribution in [0.15, 0.2) is 54.6 Å². The highest BCUT2D eigenvalue weighted by Crippen LogP contribution is 2.13.